The lowest BCUT2D eigenvalue weighted by Gasteiger charge is -2.19. The molecule has 0 aliphatic carbocycles. The molecule has 0 bridgehead atoms. The van der Waals surface area contributed by atoms with Crippen LogP contribution in [0.3, 0.4) is 0 Å². The quantitative estimate of drug-likeness (QED) is 0.164. The first-order valence-electron chi connectivity index (χ1n) is 12.0. The maximum absolute atomic E-state index is 13.3. The van der Waals surface area contributed by atoms with Gasteiger partial charge in [0, 0.05) is 16.5 Å². The van der Waals surface area contributed by atoms with Crippen molar-refractivity contribution in [3.63, 3.8) is 0 Å². The molecule has 0 fully saturated rings. The fraction of sp³-hybridized carbons (Fsp3) is 0.214. The van der Waals surface area contributed by atoms with Gasteiger partial charge in [-0.2, -0.15) is 0 Å². The van der Waals surface area contributed by atoms with Crippen molar-refractivity contribution >= 4 is 40.0 Å². The molecular weight excluding hydrogens is 522 g/mol. The fourth-order valence-corrected chi connectivity index (χ4v) is 5.88. The number of esters is 1. The summed E-state index contributed by atoms with van der Waals surface area (Å²) in [5, 5.41) is 5.48. The highest BCUT2D eigenvalue weighted by Crippen LogP contribution is 2.41. The van der Waals surface area contributed by atoms with Crippen LogP contribution in [0.25, 0.3) is 22.4 Å². The number of rotatable bonds is 8. The third-order valence-electron chi connectivity index (χ3n) is 5.91. The first kappa shape index (κ1) is 25.7. The minimum Gasteiger partial charge on any atom is -0.486 e. The number of carbonyl (C=O) groups excluding carboxylic acids is 2. The number of benzene rings is 2. The van der Waals surface area contributed by atoms with Gasteiger partial charge in [0.1, 0.15) is 35.1 Å². The van der Waals surface area contributed by atoms with E-state index in [0.717, 1.165) is 16.8 Å². The lowest BCUT2D eigenvalue weighted by atomic mass is 10.0. The summed E-state index contributed by atoms with van der Waals surface area (Å²) in [7, 11) is 1.32. The zero-order chi connectivity index (χ0) is 26.5. The van der Waals surface area contributed by atoms with E-state index in [1.807, 2.05) is 66.9 Å². The van der Waals surface area contributed by atoms with E-state index in [4.69, 9.17) is 14.2 Å². The summed E-state index contributed by atoms with van der Waals surface area (Å²) < 4.78 is 16.4. The highest BCUT2D eigenvalue weighted by Gasteiger charge is 2.26. The second-order valence-electron chi connectivity index (χ2n) is 8.32. The summed E-state index contributed by atoms with van der Waals surface area (Å²) in [6.45, 7) is 2.89. The van der Waals surface area contributed by atoms with Gasteiger partial charge < -0.3 is 19.5 Å². The minimum absolute atomic E-state index is 0.224. The van der Waals surface area contributed by atoms with Crippen molar-refractivity contribution in [3.8, 4) is 33.9 Å². The Morgan fingerprint density at radius 3 is 2.61 bits per heavy atom. The molecule has 2 aromatic carbocycles. The van der Waals surface area contributed by atoms with E-state index in [0.29, 0.717) is 52.3 Å². The van der Waals surface area contributed by atoms with E-state index in [1.165, 1.54) is 36.5 Å². The molecule has 1 unspecified atom stereocenters. The highest BCUT2D eigenvalue weighted by molar-refractivity contribution is 8.00. The number of thioether (sulfide) groups is 1. The maximum atomic E-state index is 13.3. The molecule has 1 aliphatic rings. The third kappa shape index (κ3) is 5.51. The molecule has 8 nitrogen and oxygen atoms in total. The molecule has 1 aliphatic heterocycles. The van der Waals surface area contributed by atoms with E-state index in [1.54, 1.807) is 0 Å². The second kappa shape index (κ2) is 11.7. The smallest absolute Gasteiger partial charge is 0.341 e. The van der Waals surface area contributed by atoms with Crippen LogP contribution in [0.1, 0.15) is 23.7 Å². The molecule has 0 radical (unpaired) electrons. The van der Waals surface area contributed by atoms with Crippen LogP contribution in [0, 0.1) is 0 Å². The van der Waals surface area contributed by atoms with E-state index < -0.39 is 11.2 Å². The van der Waals surface area contributed by atoms with Gasteiger partial charge in [-0.15, -0.1) is 11.3 Å². The van der Waals surface area contributed by atoms with E-state index in [-0.39, 0.29) is 5.91 Å². The highest BCUT2D eigenvalue weighted by atomic mass is 32.2. The lowest BCUT2D eigenvalue weighted by Crippen LogP contribution is -2.25. The summed E-state index contributed by atoms with van der Waals surface area (Å²) in [5.41, 5.74) is 3.48. The van der Waals surface area contributed by atoms with Crippen molar-refractivity contribution < 1.29 is 23.8 Å². The first-order chi connectivity index (χ1) is 18.6. The van der Waals surface area contributed by atoms with Crippen LogP contribution in [0.5, 0.6) is 11.5 Å². The maximum Gasteiger partial charge on any atom is 0.341 e. The zero-order valence-corrected chi connectivity index (χ0v) is 22.4. The van der Waals surface area contributed by atoms with Crippen LogP contribution in [-0.2, 0) is 9.53 Å². The Hall–Kier alpha value is -3.89. The normalized spacial score (nSPS) is 13.0. The number of ether oxygens (including phenoxy) is 3. The Bertz CT molecular complexity index is 1460. The number of carbonyl (C=O) groups is 2. The van der Waals surface area contributed by atoms with Crippen LogP contribution < -0.4 is 14.8 Å². The van der Waals surface area contributed by atoms with Gasteiger partial charge in [0.15, 0.2) is 11.5 Å². The van der Waals surface area contributed by atoms with Crippen molar-refractivity contribution in [3.05, 3.63) is 71.9 Å². The number of hydrogen-bond acceptors (Lipinski definition) is 9. The molecular formula is C28H25N3O5S2. The number of nitrogens with one attached hydrogen (secondary N) is 1. The molecule has 2 aromatic heterocycles. The average molecular weight is 548 g/mol. The van der Waals surface area contributed by atoms with Gasteiger partial charge in [0.05, 0.1) is 18.1 Å². The van der Waals surface area contributed by atoms with Crippen LogP contribution in [-0.4, -0.2) is 47.4 Å². The zero-order valence-electron chi connectivity index (χ0n) is 20.8. The largest absolute Gasteiger partial charge is 0.486 e. The molecule has 1 amide bonds. The first-order valence-corrected chi connectivity index (χ1v) is 13.8. The van der Waals surface area contributed by atoms with Crippen molar-refractivity contribution in [1.82, 2.24) is 9.97 Å². The van der Waals surface area contributed by atoms with Crippen LogP contribution in [0.4, 0.5) is 5.00 Å². The summed E-state index contributed by atoms with van der Waals surface area (Å²) in [6, 6.07) is 17.2. The fourth-order valence-electron chi connectivity index (χ4n) is 4.01. The molecule has 4 aromatic rings. The summed E-state index contributed by atoms with van der Waals surface area (Å²) in [4.78, 5) is 34.9. The Morgan fingerprint density at radius 2 is 1.84 bits per heavy atom. The van der Waals surface area contributed by atoms with E-state index in [2.05, 4.69) is 15.3 Å². The number of anilines is 1. The number of aromatic nitrogens is 2. The molecule has 3 heterocycles. The number of nitrogens with zero attached hydrogens (tertiary/aromatic N) is 2. The van der Waals surface area contributed by atoms with Crippen LogP contribution >= 0.6 is 23.1 Å². The van der Waals surface area contributed by atoms with Gasteiger partial charge in [0.2, 0.25) is 5.91 Å². The van der Waals surface area contributed by atoms with E-state index in [9.17, 15) is 9.59 Å². The number of methoxy groups -OCH3 is 1. The Balaban J connectivity index is 1.38. The van der Waals surface area contributed by atoms with Crippen LogP contribution in [0.15, 0.2) is 71.3 Å². The topological polar surface area (TPSA) is 99.6 Å². The van der Waals surface area contributed by atoms with Gasteiger partial charge in [-0.1, -0.05) is 55.1 Å². The number of hydrogen-bond donors (Lipinski definition) is 1. The third-order valence-corrected chi connectivity index (χ3v) is 8.10. The van der Waals surface area contributed by atoms with Gasteiger partial charge in [-0.3, -0.25) is 4.79 Å². The molecule has 5 rings (SSSR count). The van der Waals surface area contributed by atoms with Crippen LogP contribution in [0.2, 0.25) is 0 Å². The predicted octanol–water partition coefficient (Wildman–Crippen LogP) is 5.94. The van der Waals surface area contributed by atoms with Gasteiger partial charge >= 0.3 is 5.97 Å². The summed E-state index contributed by atoms with van der Waals surface area (Å²) >= 11 is 2.63. The standard InChI is InChI=1S/C28H25N3O5S2/c1-3-23(38-24-14-20(29-16-30-24)17-7-5-4-6-8-17)26(32)31-27-25(28(33)34-2)19(15-37-27)18-9-10-21-22(13-18)36-12-11-35-21/h4-10,13-16,23H,3,11-12H2,1-2H3,(H,31,32). The number of thiophene rings is 1. The molecule has 1 atom stereocenters. The van der Waals surface area contributed by atoms with Crippen molar-refractivity contribution in [2.45, 2.75) is 23.6 Å². The van der Waals surface area contributed by atoms with Crippen molar-refractivity contribution in [2.75, 3.05) is 25.6 Å². The van der Waals surface area contributed by atoms with Gasteiger partial charge in [0.25, 0.3) is 0 Å². The monoisotopic (exact) mass is 547 g/mol. The lowest BCUT2D eigenvalue weighted by molar-refractivity contribution is -0.115. The molecule has 1 N–H and O–H groups in total. The Morgan fingerprint density at radius 1 is 1.05 bits per heavy atom. The average Bonchev–Trinajstić information content (AvgIpc) is 3.39. The Labute approximate surface area is 228 Å². The summed E-state index contributed by atoms with van der Waals surface area (Å²) in [5.74, 6) is 0.517. The molecule has 38 heavy (non-hydrogen) atoms. The molecule has 0 saturated carbocycles. The molecule has 194 valence electrons. The van der Waals surface area contributed by atoms with Crippen molar-refractivity contribution in [2.24, 2.45) is 0 Å². The molecule has 10 heteroatoms. The SMILES string of the molecule is CCC(Sc1cc(-c2ccccc2)ncn1)C(=O)Nc1scc(-c2ccc3c(c2)OCCO3)c1C(=O)OC. The summed E-state index contributed by atoms with van der Waals surface area (Å²) in [6.07, 6.45) is 2.07. The van der Waals surface area contributed by atoms with Gasteiger partial charge in [-0.25, -0.2) is 14.8 Å². The molecule has 0 spiro atoms. The van der Waals surface area contributed by atoms with E-state index >= 15 is 0 Å². The van der Waals surface area contributed by atoms with Gasteiger partial charge in [-0.05, 0) is 30.2 Å². The molecule has 0 saturated heterocycles. The predicted molar refractivity (Wildman–Crippen MR) is 148 cm³/mol. The second-order valence-corrected chi connectivity index (χ2v) is 10.4. The minimum atomic E-state index is -0.532. The number of amides is 1. The number of fused-ring (bicyclic) bond motifs is 1. The Kier molecular flexibility index (Phi) is 7.90. The van der Waals surface area contributed by atoms with Crippen molar-refractivity contribution in [1.29, 1.82) is 0 Å².